The average molecular weight is 449 g/mol. The molecule has 0 aliphatic carbocycles. The second kappa shape index (κ2) is 8.73. The van der Waals surface area contributed by atoms with Gasteiger partial charge in [-0.15, -0.1) is 0 Å². The Labute approximate surface area is 169 Å². The molecule has 164 valence electrons. The second-order valence-corrected chi connectivity index (χ2v) is 8.13. The van der Waals surface area contributed by atoms with Gasteiger partial charge in [-0.3, -0.25) is 9.59 Å². The van der Waals surface area contributed by atoms with Crippen molar-refractivity contribution < 1.29 is 41.1 Å². The van der Waals surface area contributed by atoms with Gasteiger partial charge in [-0.25, -0.2) is 17.9 Å². The van der Waals surface area contributed by atoms with Gasteiger partial charge >= 0.3 is 18.2 Å². The van der Waals surface area contributed by atoms with Crippen LogP contribution in [0.15, 0.2) is 40.8 Å². The fourth-order valence-corrected chi connectivity index (χ4v) is 3.77. The zero-order valence-electron chi connectivity index (χ0n) is 15.6. The number of alkyl halides is 3. The van der Waals surface area contributed by atoms with Crippen LogP contribution in [-0.2, 0) is 19.6 Å². The van der Waals surface area contributed by atoms with Gasteiger partial charge < -0.3 is 15.3 Å². The van der Waals surface area contributed by atoms with Crippen LogP contribution in [0.3, 0.4) is 0 Å². The Morgan fingerprint density at radius 3 is 2.33 bits per heavy atom. The smallest absolute Gasteiger partial charge is 0.465 e. The van der Waals surface area contributed by atoms with Crippen LogP contribution < -0.4 is 10.0 Å². The number of carbonyl (C=O) groups is 3. The number of sulfonamides is 1. The summed E-state index contributed by atoms with van der Waals surface area (Å²) in [4.78, 5) is 35.0. The first kappa shape index (κ1) is 23.2. The summed E-state index contributed by atoms with van der Waals surface area (Å²) in [5.41, 5.74) is -0.292. The molecule has 0 spiro atoms. The molecular formula is C17H18F3N3O6S. The fourth-order valence-electron chi connectivity index (χ4n) is 2.75. The first-order chi connectivity index (χ1) is 13.8. The van der Waals surface area contributed by atoms with Crippen molar-refractivity contribution in [1.82, 2.24) is 9.62 Å². The highest BCUT2D eigenvalue weighted by atomic mass is 32.2. The Balaban J connectivity index is 2.08. The van der Waals surface area contributed by atoms with Gasteiger partial charge in [0.1, 0.15) is 0 Å². The molecule has 3 amide bonds. The van der Waals surface area contributed by atoms with E-state index >= 15 is 0 Å². The molecule has 0 bridgehead atoms. The molecule has 1 saturated heterocycles. The molecule has 1 aliphatic heterocycles. The Bertz CT molecular complexity index is 973. The van der Waals surface area contributed by atoms with Crippen LogP contribution in [0.1, 0.15) is 19.8 Å². The monoisotopic (exact) mass is 449 g/mol. The number of rotatable bonds is 5. The Kier molecular flexibility index (Phi) is 6.75. The maximum Gasteiger partial charge on any atom is 0.471 e. The van der Waals surface area contributed by atoms with Crippen LogP contribution in [0.5, 0.6) is 0 Å². The van der Waals surface area contributed by atoms with Crippen LogP contribution in [-0.4, -0.2) is 55.1 Å². The number of nitrogens with zero attached hydrogens (tertiary/aromatic N) is 1. The Hall–Kier alpha value is -3.09. The molecule has 13 heteroatoms. The van der Waals surface area contributed by atoms with E-state index in [-0.39, 0.29) is 11.3 Å². The van der Waals surface area contributed by atoms with Gasteiger partial charge in [-0.2, -0.15) is 13.2 Å². The highest BCUT2D eigenvalue weighted by Gasteiger charge is 2.38. The summed E-state index contributed by atoms with van der Waals surface area (Å²) in [5.74, 6) is -3.18. The van der Waals surface area contributed by atoms with E-state index in [0.717, 1.165) is 29.2 Å². The highest BCUT2D eigenvalue weighted by molar-refractivity contribution is 7.90. The largest absolute Gasteiger partial charge is 0.471 e. The van der Waals surface area contributed by atoms with Crippen molar-refractivity contribution in [2.24, 2.45) is 0 Å². The third-order valence-corrected chi connectivity index (χ3v) is 5.60. The number of benzene rings is 1. The molecule has 1 aromatic carbocycles. The third-order valence-electron chi connectivity index (χ3n) is 4.25. The number of hydrogen-bond donors (Lipinski definition) is 3. The maximum absolute atomic E-state index is 12.3. The van der Waals surface area contributed by atoms with Gasteiger partial charge in [0, 0.05) is 17.8 Å². The van der Waals surface area contributed by atoms with Crippen molar-refractivity contribution in [3.05, 3.63) is 35.9 Å². The lowest BCUT2D eigenvalue weighted by atomic mass is 10.1. The lowest BCUT2D eigenvalue weighted by Gasteiger charge is -2.19. The molecule has 1 heterocycles. The molecule has 0 aromatic heterocycles. The number of carboxylic acid groups (broad SMARTS) is 1. The normalized spacial score (nSPS) is 17.5. The molecule has 0 unspecified atom stereocenters. The lowest BCUT2D eigenvalue weighted by Crippen LogP contribution is -2.35. The molecular weight excluding hydrogens is 431 g/mol. The zero-order chi connectivity index (χ0) is 22.7. The molecule has 3 N–H and O–H groups in total. The standard InChI is InChI=1S/C17H18F3N3O6S/c1-10(9-12-3-2-8-23(12)16(26)27)14(24)22-30(28,29)13-6-4-11(5-7-13)21-15(25)17(18,19)20/h4-7,9,12H,2-3,8H2,1H3,(H,21,25)(H,22,24)(H,26,27)/t12-/m0/s1. The Morgan fingerprint density at radius 1 is 1.20 bits per heavy atom. The van der Waals surface area contributed by atoms with E-state index in [0.29, 0.717) is 19.4 Å². The molecule has 1 atom stereocenters. The molecule has 1 aliphatic rings. The minimum absolute atomic E-state index is 0.00853. The number of likely N-dealkylation sites (tertiary alicyclic amines) is 1. The van der Waals surface area contributed by atoms with Gasteiger partial charge in [-0.05, 0) is 44.0 Å². The quantitative estimate of drug-likeness (QED) is 0.590. The Morgan fingerprint density at radius 2 is 1.80 bits per heavy atom. The predicted octanol–water partition coefficient (Wildman–Crippen LogP) is 2.08. The van der Waals surface area contributed by atoms with Crippen molar-refractivity contribution in [2.45, 2.75) is 36.9 Å². The van der Waals surface area contributed by atoms with E-state index in [1.54, 1.807) is 10.0 Å². The molecule has 30 heavy (non-hydrogen) atoms. The SMILES string of the molecule is CC(=C[C@@H]1CCCN1C(=O)O)C(=O)NS(=O)(=O)c1ccc(NC(=O)C(F)(F)F)cc1. The van der Waals surface area contributed by atoms with Gasteiger partial charge in [0.2, 0.25) is 0 Å². The number of anilines is 1. The van der Waals surface area contributed by atoms with Gasteiger partial charge in [0.25, 0.3) is 15.9 Å². The number of nitrogens with one attached hydrogen (secondary N) is 2. The lowest BCUT2D eigenvalue weighted by molar-refractivity contribution is -0.167. The molecule has 0 saturated carbocycles. The van der Waals surface area contributed by atoms with Crippen LogP contribution in [0.4, 0.5) is 23.7 Å². The number of halogens is 3. The number of carbonyl (C=O) groups excluding carboxylic acids is 2. The van der Waals surface area contributed by atoms with Crippen LogP contribution in [0.25, 0.3) is 0 Å². The van der Waals surface area contributed by atoms with Crippen molar-refractivity contribution in [2.75, 3.05) is 11.9 Å². The topological polar surface area (TPSA) is 133 Å². The number of amides is 3. The predicted molar refractivity (Wildman–Crippen MR) is 98.0 cm³/mol. The highest BCUT2D eigenvalue weighted by Crippen LogP contribution is 2.21. The summed E-state index contributed by atoms with van der Waals surface area (Å²) in [7, 11) is -4.35. The van der Waals surface area contributed by atoms with Crippen molar-refractivity contribution in [1.29, 1.82) is 0 Å². The molecule has 2 rings (SSSR count). The fraction of sp³-hybridized carbons (Fsp3) is 0.353. The van der Waals surface area contributed by atoms with E-state index in [9.17, 15) is 36.0 Å². The average Bonchev–Trinajstić information content (AvgIpc) is 3.09. The first-order valence-electron chi connectivity index (χ1n) is 8.54. The molecule has 9 nitrogen and oxygen atoms in total. The van der Waals surface area contributed by atoms with E-state index in [4.69, 9.17) is 5.11 Å². The minimum Gasteiger partial charge on any atom is -0.465 e. The summed E-state index contributed by atoms with van der Waals surface area (Å²) in [6, 6.07) is 3.17. The minimum atomic E-state index is -5.10. The van der Waals surface area contributed by atoms with Crippen molar-refractivity contribution >= 4 is 33.6 Å². The van der Waals surface area contributed by atoms with E-state index in [1.807, 2.05) is 0 Å². The van der Waals surface area contributed by atoms with Crippen LogP contribution >= 0.6 is 0 Å². The summed E-state index contributed by atoms with van der Waals surface area (Å²) in [6.07, 6.45) is -3.78. The van der Waals surface area contributed by atoms with Crippen molar-refractivity contribution in [3.8, 4) is 0 Å². The van der Waals surface area contributed by atoms with Gasteiger partial charge in [0.05, 0.1) is 10.9 Å². The van der Waals surface area contributed by atoms with E-state index < -0.39 is 45.0 Å². The van der Waals surface area contributed by atoms with E-state index in [1.165, 1.54) is 13.0 Å². The third kappa shape index (κ3) is 5.72. The van der Waals surface area contributed by atoms with E-state index in [2.05, 4.69) is 0 Å². The van der Waals surface area contributed by atoms with Crippen LogP contribution in [0, 0.1) is 0 Å². The summed E-state index contributed by atoms with van der Waals surface area (Å²) in [6.45, 7) is 1.64. The van der Waals surface area contributed by atoms with Gasteiger partial charge in [-0.1, -0.05) is 6.08 Å². The zero-order valence-corrected chi connectivity index (χ0v) is 16.4. The maximum atomic E-state index is 12.3. The molecule has 1 fully saturated rings. The second-order valence-electron chi connectivity index (χ2n) is 6.45. The molecule has 1 aromatic rings. The van der Waals surface area contributed by atoms with Crippen LogP contribution in [0.2, 0.25) is 0 Å². The number of hydrogen-bond acceptors (Lipinski definition) is 5. The molecule has 0 radical (unpaired) electrons. The van der Waals surface area contributed by atoms with Crippen molar-refractivity contribution in [3.63, 3.8) is 0 Å². The summed E-state index contributed by atoms with van der Waals surface area (Å²) >= 11 is 0. The summed E-state index contributed by atoms with van der Waals surface area (Å²) in [5, 5.41) is 10.7. The summed E-state index contributed by atoms with van der Waals surface area (Å²) < 4.78 is 63.2. The first-order valence-corrected chi connectivity index (χ1v) is 10.0. The van der Waals surface area contributed by atoms with Gasteiger partial charge in [0.15, 0.2) is 0 Å².